The predicted octanol–water partition coefficient (Wildman–Crippen LogP) is 6.95. The van der Waals surface area contributed by atoms with E-state index in [1.165, 1.54) is 44.9 Å². The molecule has 8 nitrogen and oxygen atoms in total. The predicted molar refractivity (Wildman–Crippen MR) is 184 cm³/mol. The number of rotatable bonds is 20. The number of ether oxygens (including phenoxy) is 1. The van der Waals surface area contributed by atoms with Gasteiger partial charge in [-0.1, -0.05) is 84.3 Å². The van der Waals surface area contributed by atoms with Gasteiger partial charge in [0.2, 0.25) is 5.91 Å². The molecule has 1 aliphatic rings. The van der Waals surface area contributed by atoms with Gasteiger partial charge in [0.05, 0.1) is 18.4 Å². The quantitative estimate of drug-likeness (QED) is 0.159. The fourth-order valence-corrected chi connectivity index (χ4v) is 5.93. The van der Waals surface area contributed by atoms with Crippen LogP contribution in [0, 0.1) is 0 Å². The van der Waals surface area contributed by atoms with Crippen molar-refractivity contribution >= 4 is 28.9 Å². The van der Waals surface area contributed by atoms with Gasteiger partial charge >= 0.3 is 0 Å². The van der Waals surface area contributed by atoms with Gasteiger partial charge in [0, 0.05) is 57.1 Å². The third-order valence-corrected chi connectivity index (χ3v) is 8.69. The largest absolute Gasteiger partial charge is 0.495 e. The molecule has 1 aliphatic heterocycles. The van der Waals surface area contributed by atoms with Crippen molar-refractivity contribution in [1.82, 2.24) is 10.2 Å². The first-order chi connectivity index (χ1) is 21.5. The number of hydrogen-bond acceptors (Lipinski definition) is 6. The molecular formula is C36H57N5O3. The summed E-state index contributed by atoms with van der Waals surface area (Å²) in [5.41, 5.74) is 3.28. The summed E-state index contributed by atoms with van der Waals surface area (Å²) >= 11 is 0. The third-order valence-electron chi connectivity index (χ3n) is 8.69. The molecule has 0 spiro atoms. The van der Waals surface area contributed by atoms with E-state index >= 15 is 0 Å². The summed E-state index contributed by atoms with van der Waals surface area (Å²) < 4.78 is 5.59. The number of piperazine rings is 1. The lowest BCUT2D eigenvalue weighted by molar-refractivity contribution is -0.116. The molecule has 0 unspecified atom stereocenters. The highest BCUT2D eigenvalue weighted by Gasteiger charge is 2.24. The van der Waals surface area contributed by atoms with Gasteiger partial charge < -0.3 is 30.1 Å². The summed E-state index contributed by atoms with van der Waals surface area (Å²) in [5, 5.41) is 6.19. The van der Waals surface area contributed by atoms with Crippen molar-refractivity contribution < 1.29 is 14.3 Å². The van der Waals surface area contributed by atoms with E-state index in [2.05, 4.69) is 52.2 Å². The maximum Gasteiger partial charge on any atom is 0.253 e. The smallest absolute Gasteiger partial charge is 0.253 e. The number of amides is 2. The average molecular weight is 608 g/mol. The Morgan fingerprint density at radius 3 is 2.05 bits per heavy atom. The maximum absolute atomic E-state index is 13.5. The minimum absolute atomic E-state index is 0.0130. The fourth-order valence-electron chi connectivity index (χ4n) is 5.93. The second-order valence-electron chi connectivity index (χ2n) is 11.8. The summed E-state index contributed by atoms with van der Waals surface area (Å²) in [6, 6.07) is 13.9. The van der Waals surface area contributed by atoms with E-state index < -0.39 is 0 Å². The van der Waals surface area contributed by atoms with Crippen LogP contribution >= 0.6 is 0 Å². The third kappa shape index (κ3) is 11.3. The van der Waals surface area contributed by atoms with Crippen molar-refractivity contribution in [3.8, 4) is 5.75 Å². The monoisotopic (exact) mass is 607 g/mol. The van der Waals surface area contributed by atoms with Crippen molar-refractivity contribution in [3.05, 3.63) is 48.0 Å². The van der Waals surface area contributed by atoms with Crippen LogP contribution in [0.15, 0.2) is 42.5 Å². The first kappa shape index (κ1) is 35.2. The van der Waals surface area contributed by atoms with Crippen LogP contribution in [0.5, 0.6) is 5.75 Å². The molecule has 0 bridgehead atoms. The Bertz CT molecular complexity index is 1130. The lowest BCUT2D eigenvalue weighted by Crippen LogP contribution is -2.47. The minimum atomic E-state index is -0.102. The van der Waals surface area contributed by atoms with Crippen LogP contribution in [-0.2, 0) is 4.79 Å². The van der Waals surface area contributed by atoms with Crippen LogP contribution in [0.1, 0.15) is 95.3 Å². The second kappa shape index (κ2) is 19.9. The molecule has 0 aliphatic carbocycles. The number of likely N-dealkylation sites (N-methyl/N-ethyl adjacent to an activating group) is 1. The Balaban J connectivity index is 1.61. The zero-order chi connectivity index (χ0) is 31.6. The van der Waals surface area contributed by atoms with Gasteiger partial charge in [-0.15, -0.1) is 0 Å². The number of anilines is 3. The Kier molecular flexibility index (Phi) is 15.9. The average Bonchev–Trinajstić information content (AvgIpc) is 3.06. The first-order valence-electron chi connectivity index (χ1n) is 17.1. The molecule has 1 saturated heterocycles. The molecule has 8 heteroatoms. The van der Waals surface area contributed by atoms with Crippen molar-refractivity contribution in [3.63, 3.8) is 0 Å². The van der Waals surface area contributed by atoms with E-state index in [-0.39, 0.29) is 11.8 Å². The number of carbonyl (C=O) groups excluding carboxylic acids is 2. The Morgan fingerprint density at radius 2 is 1.41 bits per heavy atom. The van der Waals surface area contributed by atoms with E-state index in [0.717, 1.165) is 75.8 Å². The number of nitrogens with zero attached hydrogens (tertiary/aromatic N) is 3. The van der Waals surface area contributed by atoms with Gasteiger partial charge in [-0.2, -0.15) is 0 Å². The molecule has 2 aromatic carbocycles. The summed E-state index contributed by atoms with van der Waals surface area (Å²) in [5.74, 6) is 0.782. The number of methoxy groups -OCH3 is 1. The molecule has 1 fully saturated rings. The fraction of sp³-hybridized carbons (Fsp3) is 0.611. The molecule has 1 heterocycles. The van der Waals surface area contributed by atoms with Crippen LogP contribution in [0.2, 0.25) is 0 Å². The lowest BCUT2D eigenvalue weighted by atomic mass is 10.1. The van der Waals surface area contributed by atoms with Gasteiger partial charge in [0.25, 0.3) is 5.91 Å². The molecule has 0 radical (unpaired) electrons. The van der Waals surface area contributed by atoms with Crippen molar-refractivity contribution in [2.45, 2.75) is 85.0 Å². The van der Waals surface area contributed by atoms with Gasteiger partial charge in [-0.25, -0.2) is 0 Å². The lowest BCUT2D eigenvalue weighted by Gasteiger charge is -2.38. The molecule has 0 atom stereocenters. The summed E-state index contributed by atoms with van der Waals surface area (Å²) in [6.07, 6.45) is 11.5. The van der Waals surface area contributed by atoms with E-state index in [4.69, 9.17) is 4.74 Å². The molecule has 0 saturated carbocycles. The van der Waals surface area contributed by atoms with Gasteiger partial charge in [-0.05, 0) is 49.8 Å². The molecular weight excluding hydrogens is 550 g/mol. The van der Waals surface area contributed by atoms with Crippen LogP contribution in [-0.4, -0.2) is 76.2 Å². The highest BCUT2D eigenvalue weighted by atomic mass is 16.5. The molecule has 244 valence electrons. The first-order valence-corrected chi connectivity index (χ1v) is 17.1. The van der Waals surface area contributed by atoms with Gasteiger partial charge in [0.1, 0.15) is 5.75 Å². The number of hydrogen-bond donors (Lipinski definition) is 2. The molecule has 3 rings (SSSR count). The van der Waals surface area contributed by atoms with Crippen LogP contribution in [0.25, 0.3) is 0 Å². The van der Waals surface area contributed by atoms with E-state index in [1.54, 1.807) is 7.11 Å². The highest BCUT2D eigenvalue weighted by Crippen LogP contribution is 2.31. The summed E-state index contributed by atoms with van der Waals surface area (Å²) in [7, 11) is 1.71. The van der Waals surface area contributed by atoms with Crippen LogP contribution in [0.4, 0.5) is 17.1 Å². The second-order valence-corrected chi connectivity index (χ2v) is 11.8. The van der Waals surface area contributed by atoms with Crippen LogP contribution < -0.4 is 25.2 Å². The van der Waals surface area contributed by atoms with E-state index in [9.17, 15) is 9.59 Å². The number of unbranched alkanes of at least 4 members (excludes halogenated alkanes) is 8. The molecule has 2 amide bonds. The highest BCUT2D eigenvalue weighted by molar-refractivity contribution is 6.02. The molecule has 2 aromatic rings. The molecule has 44 heavy (non-hydrogen) atoms. The van der Waals surface area contributed by atoms with Crippen LogP contribution in [0.3, 0.4) is 0 Å². The molecule has 0 aromatic heterocycles. The normalized spacial score (nSPS) is 13.3. The Hall–Kier alpha value is -3.26. The number of carbonyl (C=O) groups is 2. The molecule has 2 N–H and O–H groups in total. The van der Waals surface area contributed by atoms with Gasteiger partial charge in [0.15, 0.2) is 0 Å². The van der Waals surface area contributed by atoms with Crippen molar-refractivity contribution in [2.24, 2.45) is 0 Å². The SMILES string of the molecule is CCCCCCCCCCCC(=O)Nc1ccc(N2CCN(c3ccccc3OC)CC2)c(C(=O)NCCN(CC)CC)c1. The van der Waals surface area contributed by atoms with E-state index in [0.29, 0.717) is 24.2 Å². The Morgan fingerprint density at radius 1 is 0.795 bits per heavy atom. The topological polar surface area (TPSA) is 77.1 Å². The Labute approximate surface area is 266 Å². The summed E-state index contributed by atoms with van der Waals surface area (Å²) in [4.78, 5) is 33.2. The maximum atomic E-state index is 13.5. The zero-order valence-corrected chi connectivity index (χ0v) is 27.8. The van der Waals surface area contributed by atoms with Crippen molar-refractivity contribution in [1.29, 1.82) is 0 Å². The standard InChI is InChI=1S/C36H57N5O3/c1-5-8-9-10-11-12-13-14-15-20-35(42)38-30-21-22-32(31(29-30)36(43)37-23-24-39(6-2)7-3)40-25-27-41(28-26-40)33-18-16-17-19-34(33)44-4/h16-19,21-22,29H,5-15,20,23-28H2,1-4H3,(H,37,43)(H,38,42). The van der Waals surface area contributed by atoms with E-state index in [1.807, 2.05) is 36.4 Å². The van der Waals surface area contributed by atoms with Crippen molar-refractivity contribution in [2.75, 3.05) is 74.6 Å². The summed E-state index contributed by atoms with van der Waals surface area (Å²) in [6.45, 7) is 13.0. The number of para-hydroxylation sites is 2. The minimum Gasteiger partial charge on any atom is -0.495 e. The number of benzene rings is 2. The zero-order valence-electron chi connectivity index (χ0n) is 27.8. The number of nitrogens with one attached hydrogen (secondary N) is 2. The van der Waals surface area contributed by atoms with Gasteiger partial charge in [-0.3, -0.25) is 9.59 Å².